The van der Waals surface area contributed by atoms with Gasteiger partial charge in [-0.1, -0.05) is 20.8 Å². The summed E-state index contributed by atoms with van der Waals surface area (Å²) >= 11 is 0. The van der Waals surface area contributed by atoms with Crippen molar-refractivity contribution in [3.63, 3.8) is 0 Å². The predicted molar refractivity (Wildman–Crippen MR) is 43.6 cm³/mol. The highest BCUT2D eigenvalue weighted by molar-refractivity contribution is 4.97. The van der Waals surface area contributed by atoms with Gasteiger partial charge in [0, 0.05) is 0 Å². The first kappa shape index (κ1) is 9.34. The zero-order valence-corrected chi connectivity index (χ0v) is 7.02. The minimum Gasteiger partial charge on any atom is -0.495 e. The predicted octanol–water partition coefficient (Wildman–Crippen LogP) is 2.17. The van der Waals surface area contributed by atoms with E-state index in [1.54, 1.807) is 6.08 Å². The van der Waals surface area contributed by atoms with Gasteiger partial charge in [0.25, 0.3) is 0 Å². The monoisotopic (exact) mass is 143 g/mol. The molecule has 0 aromatic rings. The van der Waals surface area contributed by atoms with E-state index in [1.165, 1.54) is 0 Å². The molecule has 0 spiro atoms. The Bertz CT molecular complexity index is 121. The van der Waals surface area contributed by atoms with Crippen LogP contribution in [0.25, 0.3) is 0 Å². The Hall–Kier alpha value is -0.660. The lowest BCUT2D eigenvalue weighted by atomic mass is 9.85. The van der Waals surface area contributed by atoms with Gasteiger partial charge < -0.3 is 10.8 Å². The molecule has 2 nitrogen and oxygen atoms in total. The summed E-state index contributed by atoms with van der Waals surface area (Å²) in [4.78, 5) is 0. The standard InChI is InChI=1S/C8H17NO/c1-4-8(3,5-2)6-7(9)10/h6,10H,4-5,9H2,1-3H3/b7-6+. The fourth-order valence-electron chi connectivity index (χ4n) is 0.811. The molecule has 0 saturated carbocycles. The van der Waals surface area contributed by atoms with Crippen molar-refractivity contribution in [1.82, 2.24) is 0 Å². The Kier molecular flexibility index (Phi) is 3.26. The first-order chi connectivity index (χ1) is 4.54. The largest absolute Gasteiger partial charge is 0.495 e. The molecule has 0 bridgehead atoms. The second-order valence-electron chi connectivity index (χ2n) is 2.93. The van der Waals surface area contributed by atoms with Crippen LogP contribution in [-0.4, -0.2) is 5.11 Å². The Balaban J connectivity index is 4.20. The number of aliphatic hydroxyl groups is 1. The second-order valence-corrected chi connectivity index (χ2v) is 2.93. The topological polar surface area (TPSA) is 46.2 Å². The molecular formula is C8H17NO. The van der Waals surface area contributed by atoms with Crippen molar-refractivity contribution in [2.24, 2.45) is 11.1 Å². The third-order valence-corrected chi connectivity index (χ3v) is 2.11. The lowest BCUT2D eigenvalue weighted by Gasteiger charge is -2.21. The van der Waals surface area contributed by atoms with Crippen LogP contribution in [0.4, 0.5) is 0 Å². The first-order valence-electron chi connectivity index (χ1n) is 3.71. The number of hydrogen-bond donors (Lipinski definition) is 2. The summed E-state index contributed by atoms with van der Waals surface area (Å²) in [5.41, 5.74) is 5.21. The average molecular weight is 143 g/mol. The van der Waals surface area contributed by atoms with E-state index in [0.717, 1.165) is 12.8 Å². The fraction of sp³-hybridized carbons (Fsp3) is 0.750. The van der Waals surface area contributed by atoms with Gasteiger partial charge in [0.1, 0.15) is 0 Å². The van der Waals surface area contributed by atoms with Crippen LogP contribution in [0.15, 0.2) is 12.0 Å². The lowest BCUT2D eigenvalue weighted by Crippen LogP contribution is -2.13. The number of aliphatic hydroxyl groups excluding tert-OH is 1. The summed E-state index contributed by atoms with van der Waals surface area (Å²) in [6, 6.07) is 0. The maximum atomic E-state index is 8.79. The highest BCUT2D eigenvalue weighted by Gasteiger charge is 2.16. The minimum atomic E-state index is -0.0637. The molecule has 0 amide bonds. The van der Waals surface area contributed by atoms with Crippen LogP contribution in [0.3, 0.4) is 0 Å². The minimum absolute atomic E-state index is 0.0637. The third kappa shape index (κ3) is 2.76. The van der Waals surface area contributed by atoms with E-state index < -0.39 is 0 Å². The number of hydrogen-bond acceptors (Lipinski definition) is 2. The summed E-state index contributed by atoms with van der Waals surface area (Å²) in [6.45, 7) is 6.25. The SMILES string of the molecule is CCC(C)(/C=C(\N)O)CC. The molecule has 0 radical (unpaired) electrons. The van der Waals surface area contributed by atoms with Crippen LogP contribution in [0, 0.1) is 5.41 Å². The van der Waals surface area contributed by atoms with E-state index in [9.17, 15) is 0 Å². The molecule has 0 aliphatic rings. The van der Waals surface area contributed by atoms with E-state index in [1.807, 2.05) is 0 Å². The molecule has 0 unspecified atom stereocenters. The molecule has 0 heterocycles. The molecule has 0 aliphatic carbocycles. The summed E-state index contributed by atoms with van der Waals surface area (Å²) in [5.74, 6) is -0.0637. The Morgan fingerprint density at radius 2 is 1.90 bits per heavy atom. The molecule has 0 fully saturated rings. The maximum Gasteiger partial charge on any atom is 0.177 e. The molecule has 2 heteroatoms. The van der Waals surface area contributed by atoms with E-state index in [-0.39, 0.29) is 11.3 Å². The van der Waals surface area contributed by atoms with Crippen LogP contribution in [0.5, 0.6) is 0 Å². The van der Waals surface area contributed by atoms with Crippen molar-refractivity contribution in [3.8, 4) is 0 Å². The molecule has 0 aromatic carbocycles. The van der Waals surface area contributed by atoms with Gasteiger partial charge in [-0.15, -0.1) is 0 Å². The van der Waals surface area contributed by atoms with Crippen LogP contribution >= 0.6 is 0 Å². The highest BCUT2D eigenvalue weighted by atomic mass is 16.3. The van der Waals surface area contributed by atoms with E-state index >= 15 is 0 Å². The molecule has 0 aromatic heterocycles. The molecular weight excluding hydrogens is 126 g/mol. The Labute approximate surface area is 62.7 Å². The zero-order valence-electron chi connectivity index (χ0n) is 7.02. The summed E-state index contributed by atoms with van der Waals surface area (Å²) < 4.78 is 0. The summed E-state index contributed by atoms with van der Waals surface area (Å²) in [7, 11) is 0. The van der Waals surface area contributed by atoms with Crippen molar-refractivity contribution in [1.29, 1.82) is 0 Å². The third-order valence-electron chi connectivity index (χ3n) is 2.11. The summed E-state index contributed by atoms with van der Waals surface area (Å²) in [5, 5.41) is 8.79. The van der Waals surface area contributed by atoms with E-state index in [2.05, 4.69) is 20.8 Å². The molecule has 0 atom stereocenters. The lowest BCUT2D eigenvalue weighted by molar-refractivity contribution is 0.347. The van der Waals surface area contributed by atoms with Gasteiger partial charge in [-0.25, -0.2) is 0 Å². The number of allylic oxidation sites excluding steroid dienone is 1. The van der Waals surface area contributed by atoms with Gasteiger partial charge in [0.2, 0.25) is 0 Å². The Morgan fingerprint density at radius 3 is 2.00 bits per heavy atom. The van der Waals surface area contributed by atoms with Crippen molar-refractivity contribution in [2.75, 3.05) is 0 Å². The van der Waals surface area contributed by atoms with Gasteiger partial charge >= 0.3 is 0 Å². The number of rotatable bonds is 3. The smallest absolute Gasteiger partial charge is 0.177 e. The van der Waals surface area contributed by atoms with Gasteiger partial charge in [-0.3, -0.25) is 0 Å². The average Bonchev–Trinajstić information content (AvgIpc) is 1.87. The second kappa shape index (κ2) is 3.49. The van der Waals surface area contributed by atoms with Crippen molar-refractivity contribution in [2.45, 2.75) is 33.6 Å². The van der Waals surface area contributed by atoms with Crippen LogP contribution in [0.2, 0.25) is 0 Å². The van der Waals surface area contributed by atoms with Gasteiger partial charge in [0.15, 0.2) is 5.88 Å². The number of nitrogens with two attached hydrogens (primary N) is 1. The maximum absolute atomic E-state index is 8.79. The van der Waals surface area contributed by atoms with Gasteiger partial charge in [0.05, 0.1) is 0 Å². The highest BCUT2D eigenvalue weighted by Crippen LogP contribution is 2.26. The molecule has 60 valence electrons. The Morgan fingerprint density at radius 1 is 1.50 bits per heavy atom. The van der Waals surface area contributed by atoms with Crippen LogP contribution < -0.4 is 5.73 Å². The zero-order chi connectivity index (χ0) is 8.20. The molecule has 0 saturated heterocycles. The van der Waals surface area contributed by atoms with E-state index in [4.69, 9.17) is 10.8 Å². The summed E-state index contributed by atoms with van der Waals surface area (Å²) in [6.07, 6.45) is 3.72. The molecule has 0 rings (SSSR count). The van der Waals surface area contributed by atoms with E-state index in [0.29, 0.717) is 0 Å². The molecule has 10 heavy (non-hydrogen) atoms. The van der Waals surface area contributed by atoms with Crippen molar-refractivity contribution >= 4 is 0 Å². The van der Waals surface area contributed by atoms with Crippen molar-refractivity contribution in [3.05, 3.63) is 12.0 Å². The van der Waals surface area contributed by atoms with Crippen molar-refractivity contribution < 1.29 is 5.11 Å². The first-order valence-corrected chi connectivity index (χ1v) is 3.71. The molecule has 0 aliphatic heterocycles. The van der Waals surface area contributed by atoms with Crippen LogP contribution in [0.1, 0.15) is 33.6 Å². The van der Waals surface area contributed by atoms with Crippen LogP contribution in [-0.2, 0) is 0 Å². The van der Waals surface area contributed by atoms with Gasteiger partial charge in [-0.2, -0.15) is 0 Å². The normalized spacial score (nSPS) is 13.7. The van der Waals surface area contributed by atoms with Gasteiger partial charge in [-0.05, 0) is 24.3 Å². The quantitative estimate of drug-likeness (QED) is 0.595. The fourth-order valence-corrected chi connectivity index (χ4v) is 0.811. The molecule has 3 N–H and O–H groups in total.